The number of sulfonamides is 2. The van der Waals surface area contributed by atoms with Crippen LogP contribution in [0.3, 0.4) is 0 Å². The smallest absolute Gasteiger partial charge is 0.221 e. The van der Waals surface area contributed by atoms with E-state index in [0.717, 1.165) is 0 Å². The molecule has 0 saturated heterocycles. The van der Waals surface area contributed by atoms with E-state index in [1.807, 2.05) is 0 Å². The van der Waals surface area contributed by atoms with Crippen molar-refractivity contribution >= 4 is 49.6 Å². The molecule has 0 aromatic rings. The van der Waals surface area contributed by atoms with Gasteiger partial charge in [-0.05, 0) is 0 Å². The van der Waals surface area contributed by atoms with E-state index in [0.29, 0.717) is 0 Å². The molecule has 0 amide bonds. The van der Waals surface area contributed by atoms with Crippen molar-refractivity contribution in [2.75, 3.05) is 0 Å². The molecule has 1 radical (unpaired) electrons. The van der Waals surface area contributed by atoms with Gasteiger partial charge in [0.05, 0.1) is 0 Å². The molecule has 0 aromatic heterocycles. The molecule has 0 aromatic carbocycles. The van der Waals surface area contributed by atoms with Crippen LogP contribution < -0.4 is 10.3 Å². The Kier molecular flexibility index (Phi) is 8.67. The van der Waals surface area contributed by atoms with Crippen LogP contribution >= 0.6 is 0 Å². The van der Waals surface area contributed by atoms with Crippen LogP contribution in [-0.2, 0) is 20.0 Å². The average Bonchev–Trinajstić information content (AvgIpc) is 1.77. The molecule has 0 bridgehead atoms. The van der Waals surface area contributed by atoms with Crippen molar-refractivity contribution in [3.8, 4) is 0 Å². The molecule has 0 spiro atoms. The zero-order chi connectivity index (χ0) is 14.0. The maximum Gasteiger partial charge on any atom is 0.511 e. The number of halogens is 6. The summed E-state index contributed by atoms with van der Waals surface area (Å²) >= 11 is 0. The molecular weight excluding hydrogens is 317 g/mol. The Balaban J connectivity index is -0.000000218. The number of primary sulfonamides is 2. The predicted octanol–water partition coefficient (Wildman–Crippen LogP) is -0.791. The van der Waals surface area contributed by atoms with E-state index < -0.39 is 31.1 Å². The molecule has 0 aliphatic carbocycles. The molecular formula is C2H4F6N2NaO4S2. The van der Waals surface area contributed by atoms with E-state index in [9.17, 15) is 43.2 Å². The predicted molar refractivity (Wildman–Crippen MR) is 44.1 cm³/mol. The molecule has 101 valence electrons. The Labute approximate surface area is 114 Å². The minimum Gasteiger partial charge on any atom is -0.221 e. The van der Waals surface area contributed by atoms with Crippen molar-refractivity contribution in [1.82, 2.24) is 0 Å². The van der Waals surface area contributed by atoms with Crippen molar-refractivity contribution in [1.29, 1.82) is 0 Å². The summed E-state index contributed by atoms with van der Waals surface area (Å²) in [5.41, 5.74) is -10.6. The van der Waals surface area contributed by atoms with E-state index in [1.165, 1.54) is 0 Å². The summed E-state index contributed by atoms with van der Waals surface area (Å²) in [7, 11) is -10.7. The first kappa shape index (κ1) is 22.6. The maximum atomic E-state index is 10.8. The number of alkyl halides is 6. The van der Waals surface area contributed by atoms with Gasteiger partial charge in [0.25, 0.3) is 0 Å². The molecule has 0 rings (SSSR count). The normalized spacial score (nSPS) is 13.2. The Hall–Kier alpha value is 0.400. The van der Waals surface area contributed by atoms with Crippen LogP contribution in [0.4, 0.5) is 26.3 Å². The van der Waals surface area contributed by atoms with Crippen LogP contribution in [0.15, 0.2) is 0 Å². The van der Waals surface area contributed by atoms with Gasteiger partial charge in [0.1, 0.15) is 0 Å². The third-order valence-electron chi connectivity index (χ3n) is 0.645. The van der Waals surface area contributed by atoms with Gasteiger partial charge >= 0.3 is 31.1 Å². The zero-order valence-electron chi connectivity index (χ0n) is 7.87. The van der Waals surface area contributed by atoms with Crippen molar-refractivity contribution in [3.63, 3.8) is 0 Å². The van der Waals surface area contributed by atoms with Crippen molar-refractivity contribution in [3.05, 3.63) is 0 Å². The molecule has 4 N–H and O–H groups in total. The molecule has 0 atom stereocenters. The maximum absolute atomic E-state index is 10.8. The summed E-state index contributed by atoms with van der Waals surface area (Å²) in [6.07, 6.45) is 0. The molecule has 0 heterocycles. The van der Waals surface area contributed by atoms with Gasteiger partial charge < -0.3 is 0 Å². The Morgan fingerprint density at radius 2 is 0.706 bits per heavy atom. The van der Waals surface area contributed by atoms with Gasteiger partial charge in [-0.25, -0.2) is 27.1 Å². The average molecular weight is 321 g/mol. The van der Waals surface area contributed by atoms with Gasteiger partial charge in [0.15, 0.2) is 0 Å². The van der Waals surface area contributed by atoms with Crippen LogP contribution in [0.1, 0.15) is 0 Å². The molecule has 0 fully saturated rings. The fraction of sp³-hybridized carbons (Fsp3) is 1.00. The second-order valence-corrected chi connectivity index (χ2v) is 5.09. The van der Waals surface area contributed by atoms with Gasteiger partial charge in [0, 0.05) is 29.6 Å². The molecule has 0 aliphatic heterocycles. The summed E-state index contributed by atoms with van der Waals surface area (Å²) in [4.78, 5) is 0. The van der Waals surface area contributed by atoms with E-state index in [1.54, 1.807) is 0 Å². The van der Waals surface area contributed by atoms with Gasteiger partial charge in [-0.2, -0.15) is 26.3 Å². The fourth-order valence-electron chi connectivity index (χ4n) is 0. The first-order valence-electron chi connectivity index (χ1n) is 2.68. The summed E-state index contributed by atoms with van der Waals surface area (Å²) < 4.78 is 102. The minimum atomic E-state index is -5.34. The number of hydrogen-bond acceptors (Lipinski definition) is 4. The second-order valence-electron chi connectivity index (χ2n) is 1.98. The van der Waals surface area contributed by atoms with Crippen LogP contribution in [0.5, 0.6) is 0 Å². The standard InChI is InChI=1S/2CH2F3NO2S.Na/c2*2-1(3,4)8(5,6)7;/h2*(H2,5,6,7);. The van der Waals surface area contributed by atoms with Crippen molar-refractivity contribution < 1.29 is 43.2 Å². The van der Waals surface area contributed by atoms with Gasteiger partial charge in [0.2, 0.25) is 0 Å². The van der Waals surface area contributed by atoms with E-state index >= 15 is 0 Å². The largest absolute Gasteiger partial charge is 0.511 e. The fourth-order valence-corrected chi connectivity index (χ4v) is 0. The third-order valence-corrected chi connectivity index (χ3v) is 1.94. The zero-order valence-corrected chi connectivity index (χ0v) is 11.5. The van der Waals surface area contributed by atoms with Gasteiger partial charge in [-0.1, -0.05) is 0 Å². The first-order valence-corrected chi connectivity index (χ1v) is 5.77. The molecule has 17 heavy (non-hydrogen) atoms. The van der Waals surface area contributed by atoms with Crippen molar-refractivity contribution in [2.45, 2.75) is 11.0 Å². The first-order chi connectivity index (χ1) is 6.50. The molecule has 0 aliphatic rings. The quantitative estimate of drug-likeness (QED) is 0.448. The summed E-state index contributed by atoms with van der Waals surface area (Å²) in [6.45, 7) is 0. The Morgan fingerprint density at radius 1 is 0.647 bits per heavy atom. The van der Waals surface area contributed by atoms with E-state index in [2.05, 4.69) is 10.3 Å². The Morgan fingerprint density at radius 3 is 0.706 bits per heavy atom. The summed E-state index contributed by atoms with van der Waals surface area (Å²) in [5, 5.41) is 7.32. The second kappa shape index (κ2) is 6.53. The molecule has 15 heteroatoms. The van der Waals surface area contributed by atoms with Crippen molar-refractivity contribution in [2.24, 2.45) is 10.3 Å². The van der Waals surface area contributed by atoms with E-state index in [4.69, 9.17) is 0 Å². The van der Waals surface area contributed by atoms with Crippen LogP contribution in [0, 0.1) is 0 Å². The van der Waals surface area contributed by atoms with Crippen LogP contribution in [0.25, 0.3) is 0 Å². The minimum absolute atomic E-state index is 0. The molecule has 0 saturated carbocycles. The SMILES string of the molecule is NS(=O)(=O)C(F)(F)F.NS(=O)(=O)C(F)(F)F.[Na]. The number of hydrogen-bond donors (Lipinski definition) is 2. The number of rotatable bonds is 0. The monoisotopic (exact) mass is 321 g/mol. The molecule has 6 nitrogen and oxygen atoms in total. The van der Waals surface area contributed by atoms with E-state index in [-0.39, 0.29) is 29.6 Å². The summed E-state index contributed by atoms with van der Waals surface area (Å²) in [5.74, 6) is 0. The van der Waals surface area contributed by atoms with Crippen LogP contribution in [-0.4, -0.2) is 57.4 Å². The topological polar surface area (TPSA) is 120 Å². The van der Waals surface area contributed by atoms with Gasteiger partial charge in [-0.15, -0.1) is 0 Å². The third kappa shape index (κ3) is 10.0. The summed E-state index contributed by atoms with van der Waals surface area (Å²) in [6, 6.07) is 0. The molecule has 0 unspecified atom stereocenters. The Bertz CT molecular complexity index is 380. The van der Waals surface area contributed by atoms with Crippen LogP contribution in [0.2, 0.25) is 0 Å². The van der Waals surface area contributed by atoms with Gasteiger partial charge in [-0.3, -0.25) is 0 Å². The number of nitrogens with two attached hydrogens (primary N) is 2.